The molecule has 4 heterocycles. The van der Waals surface area contributed by atoms with Gasteiger partial charge >= 0.3 is 0 Å². The summed E-state index contributed by atoms with van der Waals surface area (Å²) in [7, 11) is 0. The molecule has 20 rings (SSSR count). The smallest absolute Gasteiger partial charge is 0.265 e. The van der Waals surface area contributed by atoms with E-state index in [-0.39, 0.29) is 35.4 Å². The molecule has 17 aromatic rings. The van der Waals surface area contributed by atoms with E-state index in [1.807, 2.05) is 255 Å². The first kappa shape index (κ1) is 59.6. The Morgan fingerprint density at radius 2 is 0.465 bits per heavy atom. The average Bonchev–Trinajstić information content (AvgIpc) is 0.740. The summed E-state index contributed by atoms with van der Waals surface area (Å²) in [6.45, 7) is 0. The number of pyridine rings is 1. The molecule has 3 aliphatic rings. The number of carbonyl (C=O) groups is 6. The van der Waals surface area contributed by atoms with Gasteiger partial charge in [-0.2, -0.15) is 0 Å². The van der Waals surface area contributed by atoms with Crippen molar-refractivity contribution in [3.8, 4) is 33.4 Å². The van der Waals surface area contributed by atoms with Gasteiger partial charge in [0, 0.05) is 61.9 Å². The SMILES string of the molecule is O=C1c2cccc3c(-c4ccc5ccccc5c4)ccc(c23)C(=O)N1c1ccc2ccccc2c1.O=C1c2cccc3c(-c4cccc5ccccc45)ccc(c23)C(=O)N1c1ccc2ccccc2c1.O=C1c2cccc3c(-c4ccncc4)ccc(c23)C(=O)N1c1ccc2ccccc2c1. The lowest BCUT2D eigenvalue weighted by Crippen LogP contribution is -2.40. The number of carbonyl (C=O) groups excluding carboxylic acids is 6. The van der Waals surface area contributed by atoms with Crippen LogP contribution in [0.5, 0.6) is 0 Å². The fraction of sp³-hybridized carbons (Fsp3) is 0. The summed E-state index contributed by atoms with van der Waals surface area (Å²) in [6, 6.07) is 102. The molecule has 0 saturated carbocycles. The van der Waals surface area contributed by atoms with Gasteiger partial charge in [-0.3, -0.25) is 33.8 Å². The van der Waals surface area contributed by atoms with Crippen LogP contribution < -0.4 is 14.7 Å². The monoisotopic (exact) mass is 1300 g/mol. The number of aromatic nitrogens is 1. The van der Waals surface area contributed by atoms with Crippen molar-refractivity contribution >= 4 is 139 Å². The fourth-order valence-corrected chi connectivity index (χ4v) is 15.0. The van der Waals surface area contributed by atoms with Gasteiger partial charge in [-0.05, 0) is 194 Å². The van der Waals surface area contributed by atoms with E-state index in [0.717, 1.165) is 109 Å². The van der Waals surface area contributed by atoms with Crippen LogP contribution in [-0.2, 0) is 0 Å². The predicted octanol–water partition coefficient (Wildman–Crippen LogP) is 21.1. The summed E-state index contributed by atoms with van der Waals surface area (Å²) in [4.78, 5) is 89.8. The maximum Gasteiger partial charge on any atom is 0.265 e. The minimum atomic E-state index is -0.301. The third-order valence-corrected chi connectivity index (χ3v) is 19.8. The Morgan fingerprint density at radius 3 is 0.891 bits per heavy atom. The van der Waals surface area contributed by atoms with Crippen LogP contribution in [0.4, 0.5) is 17.1 Å². The first-order valence-electron chi connectivity index (χ1n) is 33.3. The van der Waals surface area contributed by atoms with Gasteiger partial charge < -0.3 is 0 Å². The highest BCUT2D eigenvalue weighted by Crippen LogP contribution is 2.44. The highest BCUT2D eigenvalue weighted by Gasteiger charge is 2.38. The van der Waals surface area contributed by atoms with Crippen molar-refractivity contribution in [3.05, 3.63) is 361 Å². The molecule has 0 unspecified atom stereocenters. The molecule has 0 saturated heterocycles. The van der Waals surface area contributed by atoms with Crippen LogP contribution >= 0.6 is 0 Å². The van der Waals surface area contributed by atoms with Crippen LogP contribution in [0.25, 0.3) is 120 Å². The highest BCUT2D eigenvalue weighted by molar-refractivity contribution is 6.39. The second-order valence-corrected chi connectivity index (χ2v) is 25.4. The molecule has 0 fully saturated rings. The lowest BCUT2D eigenvalue weighted by atomic mass is 9.87. The number of anilines is 3. The Labute approximate surface area is 578 Å². The largest absolute Gasteiger partial charge is 0.268 e. The summed E-state index contributed by atoms with van der Waals surface area (Å²) in [5.41, 5.74) is 11.2. The molecule has 0 atom stereocenters. The molecule has 1 aromatic heterocycles. The molecule has 0 bridgehead atoms. The summed E-state index contributed by atoms with van der Waals surface area (Å²) in [6.07, 6.45) is 3.48. The van der Waals surface area contributed by atoms with Crippen LogP contribution in [-0.4, -0.2) is 40.4 Å². The van der Waals surface area contributed by atoms with Crippen molar-refractivity contribution in [2.24, 2.45) is 0 Å². The minimum Gasteiger partial charge on any atom is -0.268 e. The molecule has 0 radical (unpaired) electrons. The van der Waals surface area contributed by atoms with E-state index in [1.165, 1.54) is 20.1 Å². The van der Waals surface area contributed by atoms with E-state index >= 15 is 0 Å². The van der Waals surface area contributed by atoms with E-state index in [0.29, 0.717) is 55.8 Å². The molecular weight excluding hydrogens is 1250 g/mol. The molecule has 3 aliphatic heterocycles. The van der Waals surface area contributed by atoms with Crippen LogP contribution in [0.2, 0.25) is 0 Å². The minimum absolute atomic E-state index is 0.293. The van der Waals surface area contributed by atoms with Gasteiger partial charge in [-0.1, -0.05) is 224 Å². The Bertz CT molecular complexity index is 6380. The van der Waals surface area contributed by atoms with Crippen molar-refractivity contribution < 1.29 is 28.8 Å². The molecule has 0 aliphatic carbocycles. The first-order valence-corrected chi connectivity index (χ1v) is 33.3. The number of imide groups is 3. The van der Waals surface area contributed by atoms with E-state index in [9.17, 15) is 28.8 Å². The standard InChI is InChI=1S/2C32H19NO2.C27H16N2O2/c34-31-28-11-5-10-27-26(24-13-12-20-6-1-3-8-22(20)18-24)16-17-29(30(27)28)32(35)33(31)25-15-14-21-7-2-4-9-23(21)19-25;34-31-28-14-6-13-27-26(25-12-5-10-21-8-3-4-11-24(21)25)17-18-29(30(27)28)32(35)33(31)23-16-15-20-7-1-2-9-22(20)19-23;30-26-23-7-3-6-22-21(18-12-14-28-15-13-18)10-11-24(25(22)23)27(31)29(26)20-9-8-17-4-1-2-5-19(17)16-20/h2*1-19H;1-16H. The second kappa shape index (κ2) is 24.1. The topological polar surface area (TPSA) is 125 Å². The lowest BCUT2D eigenvalue weighted by molar-refractivity contribution is 0.0877. The van der Waals surface area contributed by atoms with Crippen molar-refractivity contribution in [1.29, 1.82) is 0 Å². The molecule has 10 heteroatoms. The third-order valence-electron chi connectivity index (χ3n) is 19.8. The third kappa shape index (κ3) is 9.91. The van der Waals surface area contributed by atoms with Crippen molar-refractivity contribution in [1.82, 2.24) is 4.98 Å². The lowest BCUT2D eigenvalue weighted by Gasteiger charge is -2.28. The molecular formula is C91H54N4O6. The van der Waals surface area contributed by atoms with Gasteiger partial charge in [-0.25, -0.2) is 14.7 Å². The average molecular weight is 1300 g/mol. The van der Waals surface area contributed by atoms with E-state index < -0.39 is 0 Å². The van der Waals surface area contributed by atoms with Crippen LogP contribution in [0, 0.1) is 0 Å². The number of benzene rings is 16. The molecule has 101 heavy (non-hydrogen) atoms. The van der Waals surface area contributed by atoms with E-state index in [2.05, 4.69) is 59.6 Å². The maximum absolute atomic E-state index is 13.7. The molecule has 0 N–H and O–H groups in total. The fourth-order valence-electron chi connectivity index (χ4n) is 15.0. The number of rotatable bonds is 6. The second-order valence-electron chi connectivity index (χ2n) is 25.4. The van der Waals surface area contributed by atoms with Gasteiger partial charge in [0.05, 0.1) is 17.1 Å². The first-order chi connectivity index (χ1) is 49.6. The van der Waals surface area contributed by atoms with Crippen molar-refractivity contribution in [2.75, 3.05) is 14.7 Å². The predicted molar refractivity (Wildman–Crippen MR) is 406 cm³/mol. The normalized spacial score (nSPS) is 13.2. The van der Waals surface area contributed by atoms with Gasteiger partial charge in [0.25, 0.3) is 35.4 Å². The summed E-state index contributed by atoms with van der Waals surface area (Å²) in [5.74, 6) is -1.77. The Hall–Kier alpha value is -13.8. The summed E-state index contributed by atoms with van der Waals surface area (Å²) < 4.78 is 0. The number of hydrogen-bond donors (Lipinski definition) is 0. The van der Waals surface area contributed by atoms with E-state index in [1.54, 1.807) is 18.5 Å². The quantitative estimate of drug-likeness (QED) is 0.152. The highest BCUT2D eigenvalue weighted by atomic mass is 16.2. The zero-order valence-electron chi connectivity index (χ0n) is 53.9. The van der Waals surface area contributed by atoms with Crippen molar-refractivity contribution in [3.63, 3.8) is 0 Å². The van der Waals surface area contributed by atoms with Gasteiger partial charge in [-0.15, -0.1) is 0 Å². The number of fused-ring (bicyclic) bond motifs is 5. The molecule has 16 aromatic carbocycles. The molecule has 474 valence electrons. The molecule has 10 nitrogen and oxygen atoms in total. The van der Waals surface area contributed by atoms with Crippen molar-refractivity contribution in [2.45, 2.75) is 0 Å². The zero-order chi connectivity index (χ0) is 68.0. The van der Waals surface area contributed by atoms with Crippen LogP contribution in [0.1, 0.15) is 62.1 Å². The van der Waals surface area contributed by atoms with Crippen LogP contribution in [0.3, 0.4) is 0 Å². The zero-order valence-corrected chi connectivity index (χ0v) is 53.9. The van der Waals surface area contributed by atoms with Gasteiger partial charge in [0.2, 0.25) is 0 Å². The molecule has 6 amide bonds. The van der Waals surface area contributed by atoms with Crippen LogP contribution in [0.15, 0.2) is 328 Å². The van der Waals surface area contributed by atoms with Gasteiger partial charge in [0.15, 0.2) is 0 Å². The maximum atomic E-state index is 13.7. The summed E-state index contributed by atoms with van der Waals surface area (Å²) in [5, 5.41) is 15.7. The Morgan fingerprint density at radius 1 is 0.188 bits per heavy atom. The Kier molecular flexibility index (Phi) is 14.2. The molecule has 0 spiro atoms. The number of nitrogens with zero attached hydrogens (tertiary/aromatic N) is 4. The van der Waals surface area contributed by atoms with Gasteiger partial charge in [0.1, 0.15) is 0 Å². The van der Waals surface area contributed by atoms with E-state index in [4.69, 9.17) is 0 Å². The number of hydrogen-bond acceptors (Lipinski definition) is 7. The Balaban J connectivity index is 0.000000109. The summed E-state index contributed by atoms with van der Waals surface area (Å²) >= 11 is 0. The number of amides is 6.